The Morgan fingerprint density at radius 3 is 2.59 bits per heavy atom. The van der Waals surface area contributed by atoms with Crippen LogP contribution in [-0.2, 0) is 4.79 Å². The lowest BCUT2D eigenvalue weighted by Crippen LogP contribution is -2.41. The molecule has 0 saturated carbocycles. The molecule has 6 nitrogen and oxygen atoms in total. The zero-order valence-electron chi connectivity index (χ0n) is 12.0. The van der Waals surface area contributed by atoms with Crippen molar-refractivity contribution in [1.82, 2.24) is 10.2 Å². The molecule has 1 atom stereocenters. The fourth-order valence-electron chi connectivity index (χ4n) is 2.05. The van der Waals surface area contributed by atoms with E-state index in [0.29, 0.717) is 28.6 Å². The molecule has 1 aromatic carbocycles. The standard InChI is InChI=1S/C14H16BrN3O3.ClH/c1-8(16)4-5-17-12(19)7-18-13(20)10-3-2-9(15)6-11(10)14(18)21;/h2-3,6,8H,4-5,7,16H2,1H3,(H,17,19);1H. The van der Waals surface area contributed by atoms with E-state index in [0.717, 1.165) is 4.90 Å². The lowest BCUT2D eigenvalue weighted by atomic mass is 10.1. The molecule has 0 bridgehead atoms. The smallest absolute Gasteiger partial charge is 0.262 e. The Balaban J connectivity index is 0.00000242. The first-order valence-corrected chi connectivity index (χ1v) is 7.37. The maximum atomic E-state index is 12.2. The monoisotopic (exact) mass is 389 g/mol. The summed E-state index contributed by atoms with van der Waals surface area (Å²) in [5.41, 5.74) is 6.23. The predicted octanol–water partition coefficient (Wildman–Crippen LogP) is 1.32. The molecule has 1 aliphatic rings. The van der Waals surface area contributed by atoms with Crippen LogP contribution in [-0.4, -0.2) is 41.8 Å². The van der Waals surface area contributed by atoms with E-state index >= 15 is 0 Å². The van der Waals surface area contributed by atoms with Gasteiger partial charge in [0, 0.05) is 17.1 Å². The highest BCUT2D eigenvalue weighted by Gasteiger charge is 2.36. The van der Waals surface area contributed by atoms with Gasteiger partial charge in [-0.3, -0.25) is 19.3 Å². The third-order valence-corrected chi connectivity index (χ3v) is 3.65. The van der Waals surface area contributed by atoms with Crippen LogP contribution >= 0.6 is 28.3 Å². The van der Waals surface area contributed by atoms with Gasteiger partial charge in [-0.1, -0.05) is 15.9 Å². The molecule has 22 heavy (non-hydrogen) atoms. The van der Waals surface area contributed by atoms with Crippen LogP contribution in [0.4, 0.5) is 0 Å². The second-order valence-electron chi connectivity index (χ2n) is 5.00. The van der Waals surface area contributed by atoms with E-state index in [-0.39, 0.29) is 30.9 Å². The molecule has 3 amide bonds. The van der Waals surface area contributed by atoms with Crippen molar-refractivity contribution in [3.63, 3.8) is 0 Å². The molecular weight excluding hydrogens is 374 g/mol. The number of fused-ring (bicyclic) bond motifs is 1. The van der Waals surface area contributed by atoms with Crippen molar-refractivity contribution >= 4 is 46.1 Å². The molecule has 0 aromatic heterocycles. The van der Waals surface area contributed by atoms with Crippen LogP contribution in [0.1, 0.15) is 34.1 Å². The topological polar surface area (TPSA) is 92.5 Å². The number of rotatable bonds is 5. The number of carbonyl (C=O) groups is 3. The first-order chi connectivity index (χ1) is 9.90. The van der Waals surface area contributed by atoms with Crippen LogP contribution in [0.2, 0.25) is 0 Å². The number of carbonyl (C=O) groups excluding carboxylic acids is 3. The minimum atomic E-state index is -0.446. The highest BCUT2D eigenvalue weighted by Crippen LogP contribution is 2.25. The second kappa shape index (κ2) is 7.71. The predicted molar refractivity (Wildman–Crippen MR) is 88.0 cm³/mol. The van der Waals surface area contributed by atoms with Crippen molar-refractivity contribution in [1.29, 1.82) is 0 Å². The van der Waals surface area contributed by atoms with Crippen LogP contribution in [0.25, 0.3) is 0 Å². The van der Waals surface area contributed by atoms with Crippen LogP contribution in [0.3, 0.4) is 0 Å². The number of halogens is 2. The van der Waals surface area contributed by atoms with Gasteiger partial charge in [0.1, 0.15) is 6.54 Å². The van der Waals surface area contributed by atoms with E-state index in [1.165, 1.54) is 0 Å². The van der Waals surface area contributed by atoms with Crippen molar-refractivity contribution in [3.05, 3.63) is 33.8 Å². The average molecular weight is 391 g/mol. The molecule has 1 aliphatic heterocycles. The van der Waals surface area contributed by atoms with E-state index < -0.39 is 11.8 Å². The van der Waals surface area contributed by atoms with Gasteiger partial charge in [-0.15, -0.1) is 12.4 Å². The number of hydrogen-bond donors (Lipinski definition) is 2. The fourth-order valence-corrected chi connectivity index (χ4v) is 2.41. The van der Waals surface area contributed by atoms with Gasteiger partial charge in [0.15, 0.2) is 0 Å². The number of amides is 3. The fraction of sp³-hybridized carbons (Fsp3) is 0.357. The summed E-state index contributed by atoms with van der Waals surface area (Å²) >= 11 is 3.26. The van der Waals surface area contributed by atoms with Gasteiger partial charge in [-0.05, 0) is 31.5 Å². The van der Waals surface area contributed by atoms with Gasteiger partial charge in [0.25, 0.3) is 11.8 Å². The van der Waals surface area contributed by atoms with Crippen molar-refractivity contribution < 1.29 is 14.4 Å². The quantitative estimate of drug-likeness (QED) is 0.742. The van der Waals surface area contributed by atoms with Gasteiger partial charge in [0.2, 0.25) is 5.91 Å². The Bertz CT molecular complexity index is 607. The van der Waals surface area contributed by atoms with Crippen molar-refractivity contribution in [3.8, 4) is 0 Å². The molecule has 2 rings (SSSR count). The van der Waals surface area contributed by atoms with Gasteiger partial charge in [-0.25, -0.2) is 0 Å². The normalized spacial score (nSPS) is 14.4. The average Bonchev–Trinajstić information content (AvgIpc) is 2.63. The SMILES string of the molecule is CC(N)CCNC(=O)CN1C(=O)c2ccc(Br)cc2C1=O.Cl. The van der Waals surface area contributed by atoms with Crippen molar-refractivity contribution in [2.45, 2.75) is 19.4 Å². The summed E-state index contributed by atoms with van der Waals surface area (Å²) in [6.45, 7) is 1.99. The summed E-state index contributed by atoms with van der Waals surface area (Å²) in [4.78, 5) is 37.0. The molecule has 3 N–H and O–H groups in total. The molecule has 0 saturated heterocycles. The Morgan fingerprint density at radius 1 is 1.32 bits per heavy atom. The summed E-state index contributed by atoms with van der Waals surface area (Å²) in [6.07, 6.45) is 0.640. The summed E-state index contributed by atoms with van der Waals surface area (Å²) in [5.74, 6) is -1.26. The Kier molecular flexibility index (Phi) is 6.52. The number of nitrogens with zero attached hydrogens (tertiary/aromatic N) is 1. The first kappa shape index (κ1) is 18.6. The molecule has 0 aliphatic carbocycles. The molecule has 120 valence electrons. The van der Waals surface area contributed by atoms with Gasteiger partial charge >= 0.3 is 0 Å². The van der Waals surface area contributed by atoms with E-state index in [1.807, 2.05) is 6.92 Å². The van der Waals surface area contributed by atoms with E-state index in [1.54, 1.807) is 18.2 Å². The summed E-state index contributed by atoms with van der Waals surface area (Å²) < 4.78 is 0.714. The van der Waals surface area contributed by atoms with Crippen molar-refractivity contribution in [2.24, 2.45) is 5.73 Å². The lowest BCUT2D eigenvalue weighted by Gasteiger charge is -2.14. The number of hydrogen-bond acceptors (Lipinski definition) is 4. The number of benzene rings is 1. The number of nitrogens with one attached hydrogen (secondary N) is 1. The summed E-state index contributed by atoms with van der Waals surface area (Å²) in [5, 5.41) is 2.65. The van der Waals surface area contributed by atoms with Crippen LogP contribution in [0.15, 0.2) is 22.7 Å². The van der Waals surface area contributed by atoms with Gasteiger partial charge in [0.05, 0.1) is 11.1 Å². The molecular formula is C14H17BrClN3O3. The molecule has 0 spiro atoms. The Morgan fingerprint density at radius 2 is 1.95 bits per heavy atom. The third kappa shape index (κ3) is 4.06. The van der Waals surface area contributed by atoms with Gasteiger partial charge in [-0.2, -0.15) is 0 Å². The highest BCUT2D eigenvalue weighted by molar-refractivity contribution is 9.10. The van der Waals surface area contributed by atoms with E-state index in [4.69, 9.17) is 5.73 Å². The zero-order chi connectivity index (χ0) is 15.6. The maximum Gasteiger partial charge on any atom is 0.262 e. The third-order valence-electron chi connectivity index (χ3n) is 3.16. The largest absolute Gasteiger partial charge is 0.354 e. The second-order valence-corrected chi connectivity index (χ2v) is 5.92. The molecule has 0 fully saturated rings. The number of nitrogens with two attached hydrogens (primary N) is 1. The summed E-state index contributed by atoms with van der Waals surface area (Å²) in [6, 6.07) is 4.84. The van der Waals surface area contributed by atoms with Crippen LogP contribution in [0, 0.1) is 0 Å². The van der Waals surface area contributed by atoms with Crippen molar-refractivity contribution in [2.75, 3.05) is 13.1 Å². The summed E-state index contributed by atoms with van der Waals surface area (Å²) in [7, 11) is 0. The van der Waals surface area contributed by atoms with Crippen LogP contribution in [0.5, 0.6) is 0 Å². The van der Waals surface area contributed by atoms with Gasteiger partial charge < -0.3 is 11.1 Å². The lowest BCUT2D eigenvalue weighted by molar-refractivity contribution is -0.121. The Labute approximate surface area is 142 Å². The zero-order valence-corrected chi connectivity index (χ0v) is 14.4. The Hall–Kier alpha value is -1.44. The molecule has 1 aromatic rings. The molecule has 1 heterocycles. The molecule has 0 radical (unpaired) electrons. The molecule has 1 unspecified atom stereocenters. The van der Waals surface area contributed by atoms with E-state index in [2.05, 4.69) is 21.2 Å². The first-order valence-electron chi connectivity index (χ1n) is 6.58. The maximum absolute atomic E-state index is 12.2. The number of imide groups is 1. The minimum absolute atomic E-state index is 0. The highest BCUT2D eigenvalue weighted by atomic mass is 79.9. The molecule has 8 heteroatoms. The van der Waals surface area contributed by atoms with E-state index in [9.17, 15) is 14.4 Å². The minimum Gasteiger partial charge on any atom is -0.354 e. The van der Waals surface area contributed by atoms with Crippen LogP contribution < -0.4 is 11.1 Å².